The van der Waals surface area contributed by atoms with E-state index in [0.717, 1.165) is 46.2 Å². The van der Waals surface area contributed by atoms with Crippen LogP contribution in [0.2, 0.25) is 4.34 Å². The van der Waals surface area contributed by atoms with E-state index in [-0.39, 0.29) is 0 Å². The van der Waals surface area contributed by atoms with E-state index < -0.39 is 0 Å². The van der Waals surface area contributed by atoms with Crippen LogP contribution in [-0.2, 0) is 6.42 Å². The van der Waals surface area contributed by atoms with Crippen LogP contribution in [0.3, 0.4) is 0 Å². The van der Waals surface area contributed by atoms with Gasteiger partial charge < -0.3 is 10.3 Å². The monoisotopic (exact) mass is 267 g/mol. The van der Waals surface area contributed by atoms with Crippen LogP contribution >= 0.6 is 22.9 Å². The van der Waals surface area contributed by atoms with Gasteiger partial charge in [-0.25, -0.2) is 4.98 Å². The molecule has 2 aromatic rings. The number of nitrogens with zero attached hydrogens (tertiary/aromatic N) is 1. The molecule has 1 atom stereocenters. The average Bonchev–Trinajstić information content (AvgIpc) is 2.99. The van der Waals surface area contributed by atoms with Gasteiger partial charge in [-0.3, -0.25) is 0 Å². The highest BCUT2D eigenvalue weighted by Gasteiger charge is 2.16. The van der Waals surface area contributed by atoms with E-state index in [1.165, 1.54) is 6.42 Å². The average molecular weight is 268 g/mol. The Morgan fingerprint density at radius 3 is 3.12 bits per heavy atom. The zero-order valence-corrected chi connectivity index (χ0v) is 10.9. The number of rotatable bonds is 3. The van der Waals surface area contributed by atoms with Crippen molar-refractivity contribution in [2.45, 2.75) is 12.8 Å². The molecule has 2 aromatic heterocycles. The summed E-state index contributed by atoms with van der Waals surface area (Å²) in [5, 5.41) is 3.38. The third-order valence-corrected chi connectivity index (χ3v) is 4.38. The molecule has 0 saturated carbocycles. The molecule has 2 N–H and O–H groups in total. The zero-order valence-electron chi connectivity index (χ0n) is 9.37. The molecule has 0 aromatic carbocycles. The van der Waals surface area contributed by atoms with Crippen LogP contribution in [0.25, 0.3) is 10.6 Å². The second-order valence-electron chi connectivity index (χ2n) is 4.41. The van der Waals surface area contributed by atoms with Gasteiger partial charge >= 0.3 is 0 Å². The van der Waals surface area contributed by atoms with Crippen molar-refractivity contribution in [1.82, 2.24) is 15.3 Å². The molecule has 3 rings (SSSR count). The number of thiophene rings is 1. The Bertz CT molecular complexity index is 499. The van der Waals surface area contributed by atoms with Gasteiger partial charge in [0.2, 0.25) is 0 Å². The molecule has 3 nitrogen and oxygen atoms in total. The van der Waals surface area contributed by atoms with Gasteiger partial charge in [0.05, 0.1) is 21.1 Å². The SMILES string of the molecule is Clc1ccc(-c2cnc(CC3CCNC3)[nH]2)s1. The largest absolute Gasteiger partial charge is 0.341 e. The number of nitrogens with one attached hydrogen (secondary N) is 2. The van der Waals surface area contributed by atoms with Crippen molar-refractivity contribution in [3.05, 3.63) is 28.5 Å². The second kappa shape index (κ2) is 4.80. The van der Waals surface area contributed by atoms with Crippen LogP contribution in [0.1, 0.15) is 12.2 Å². The highest BCUT2D eigenvalue weighted by atomic mass is 35.5. The molecule has 1 unspecified atom stereocenters. The summed E-state index contributed by atoms with van der Waals surface area (Å²) in [6.07, 6.45) is 4.19. The summed E-state index contributed by atoms with van der Waals surface area (Å²) in [4.78, 5) is 8.98. The number of hydrogen-bond donors (Lipinski definition) is 2. The highest BCUT2D eigenvalue weighted by Crippen LogP contribution is 2.30. The minimum absolute atomic E-state index is 0.723. The topological polar surface area (TPSA) is 40.7 Å². The Labute approximate surface area is 109 Å². The predicted molar refractivity (Wildman–Crippen MR) is 71.6 cm³/mol. The third kappa shape index (κ3) is 2.54. The first kappa shape index (κ1) is 11.3. The lowest BCUT2D eigenvalue weighted by Gasteiger charge is -2.04. The Hall–Kier alpha value is -0.840. The number of aromatic amines is 1. The summed E-state index contributed by atoms with van der Waals surface area (Å²) in [7, 11) is 0. The molecule has 1 aliphatic rings. The van der Waals surface area contributed by atoms with Gasteiger partial charge in [0, 0.05) is 6.42 Å². The van der Waals surface area contributed by atoms with Gasteiger partial charge in [0.25, 0.3) is 0 Å². The summed E-state index contributed by atoms with van der Waals surface area (Å²) in [5.41, 5.74) is 1.07. The van der Waals surface area contributed by atoms with Crippen molar-refractivity contribution in [3.63, 3.8) is 0 Å². The number of aromatic nitrogens is 2. The lowest BCUT2D eigenvalue weighted by atomic mass is 10.1. The first-order chi connectivity index (χ1) is 8.31. The second-order valence-corrected chi connectivity index (χ2v) is 6.13. The van der Waals surface area contributed by atoms with Crippen molar-refractivity contribution in [3.8, 4) is 10.6 Å². The molecule has 1 saturated heterocycles. The smallest absolute Gasteiger partial charge is 0.106 e. The fourth-order valence-electron chi connectivity index (χ4n) is 2.21. The number of H-pyrrole nitrogens is 1. The number of imidazole rings is 1. The van der Waals surface area contributed by atoms with Gasteiger partial charge in [-0.05, 0) is 37.6 Å². The van der Waals surface area contributed by atoms with Crippen LogP contribution in [0.4, 0.5) is 0 Å². The summed E-state index contributed by atoms with van der Waals surface area (Å²) in [5.74, 6) is 1.80. The first-order valence-electron chi connectivity index (χ1n) is 5.81. The van der Waals surface area contributed by atoms with Gasteiger partial charge in [-0.15, -0.1) is 11.3 Å². The lowest BCUT2D eigenvalue weighted by molar-refractivity contribution is 0.565. The molecule has 1 aliphatic heterocycles. The molecular weight excluding hydrogens is 254 g/mol. The molecule has 90 valence electrons. The van der Waals surface area contributed by atoms with Crippen LogP contribution in [-0.4, -0.2) is 23.1 Å². The van der Waals surface area contributed by atoms with E-state index in [4.69, 9.17) is 11.6 Å². The summed E-state index contributed by atoms with van der Waals surface area (Å²) in [6, 6.07) is 3.95. The van der Waals surface area contributed by atoms with E-state index >= 15 is 0 Å². The maximum Gasteiger partial charge on any atom is 0.106 e. The maximum absolute atomic E-state index is 5.93. The van der Waals surface area contributed by atoms with Crippen LogP contribution < -0.4 is 5.32 Å². The van der Waals surface area contributed by atoms with Gasteiger partial charge in [-0.1, -0.05) is 11.6 Å². The molecule has 0 radical (unpaired) electrons. The van der Waals surface area contributed by atoms with Gasteiger partial charge in [-0.2, -0.15) is 0 Å². The molecule has 0 aliphatic carbocycles. The molecule has 5 heteroatoms. The molecule has 0 spiro atoms. The fourth-order valence-corrected chi connectivity index (χ4v) is 3.22. The number of hydrogen-bond acceptors (Lipinski definition) is 3. The van der Waals surface area contributed by atoms with E-state index in [9.17, 15) is 0 Å². The summed E-state index contributed by atoms with van der Waals surface area (Å²) >= 11 is 7.51. The van der Waals surface area contributed by atoms with Crippen molar-refractivity contribution in [1.29, 1.82) is 0 Å². The summed E-state index contributed by atoms with van der Waals surface area (Å²) < 4.78 is 0.816. The Balaban J connectivity index is 1.73. The molecule has 17 heavy (non-hydrogen) atoms. The lowest BCUT2D eigenvalue weighted by Crippen LogP contribution is -2.11. The van der Waals surface area contributed by atoms with Crippen LogP contribution in [0.15, 0.2) is 18.3 Å². The maximum atomic E-state index is 5.93. The minimum atomic E-state index is 0.723. The van der Waals surface area contributed by atoms with E-state index in [2.05, 4.69) is 15.3 Å². The van der Waals surface area contributed by atoms with Gasteiger partial charge in [0.1, 0.15) is 5.82 Å². The summed E-state index contributed by atoms with van der Waals surface area (Å²) in [6.45, 7) is 2.25. The van der Waals surface area contributed by atoms with Crippen molar-refractivity contribution in [2.24, 2.45) is 5.92 Å². The normalized spacial score (nSPS) is 19.9. The Kier molecular flexibility index (Phi) is 3.18. The Morgan fingerprint density at radius 1 is 1.47 bits per heavy atom. The Morgan fingerprint density at radius 2 is 2.41 bits per heavy atom. The third-order valence-electron chi connectivity index (χ3n) is 3.11. The zero-order chi connectivity index (χ0) is 11.7. The van der Waals surface area contributed by atoms with Crippen molar-refractivity contribution in [2.75, 3.05) is 13.1 Å². The standard InChI is InChI=1S/C12H14ClN3S/c13-11-2-1-10(17-11)9-7-15-12(16-9)5-8-3-4-14-6-8/h1-2,7-8,14H,3-6H2,(H,15,16). The number of halogens is 1. The van der Waals surface area contributed by atoms with Crippen LogP contribution in [0, 0.1) is 5.92 Å². The molecule has 1 fully saturated rings. The van der Waals surface area contributed by atoms with Crippen molar-refractivity contribution >= 4 is 22.9 Å². The van der Waals surface area contributed by atoms with E-state index in [1.807, 2.05) is 18.3 Å². The van der Waals surface area contributed by atoms with E-state index in [0.29, 0.717) is 0 Å². The molecular formula is C12H14ClN3S. The van der Waals surface area contributed by atoms with Crippen molar-refractivity contribution < 1.29 is 0 Å². The molecule has 3 heterocycles. The quantitative estimate of drug-likeness (QED) is 0.898. The van der Waals surface area contributed by atoms with Crippen LogP contribution in [0.5, 0.6) is 0 Å². The minimum Gasteiger partial charge on any atom is -0.341 e. The first-order valence-corrected chi connectivity index (χ1v) is 7.01. The van der Waals surface area contributed by atoms with Gasteiger partial charge in [0.15, 0.2) is 0 Å². The molecule has 0 amide bonds. The highest BCUT2D eigenvalue weighted by molar-refractivity contribution is 7.19. The van der Waals surface area contributed by atoms with E-state index in [1.54, 1.807) is 11.3 Å². The molecule has 0 bridgehead atoms. The predicted octanol–water partition coefficient (Wildman–Crippen LogP) is 2.94. The fraction of sp³-hybridized carbons (Fsp3) is 0.417.